The zero-order valence-corrected chi connectivity index (χ0v) is 12.3. The molecule has 1 aromatic rings. The van der Waals surface area contributed by atoms with Crippen LogP contribution in [-0.2, 0) is 22.4 Å². The highest BCUT2D eigenvalue weighted by Crippen LogP contribution is 2.21. The van der Waals surface area contributed by atoms with E-state index in [2.05, 4.69) is 4.98 Å². The lowest BCUT2D eigenvalue weighted by Gasteiger charge is -2.24. The molecule has 0 atom stereocenters. The average molecular weight is 269 g/mol. The predicted octanol–water partition coefficient (Wildman–Crippen LogP) is 1.63. The van der Waals surface area contributed by atoms with Crippen molar-refractivity contribution in [3.63, 3.8) is 0 Å². The van der Waals surface area contributed by atoms with Crippen LogP contribution in [0.5, 0.6) is 0 Å². The molecule has 1 heterocycles. The van der Waals surface area contributed by atoms with Crippen LogP contribution in [-0.4, -0.2) is 34.8 Å². The number of esters is 1. The highest BCUT2D eigenvalue weighted by atomic mass is 16.5. The normalized spacial score (nSPS) is 11.6. The number of imidazole rings is 1. The Kier molecular flexibility index (Phi) is 4.94. The first-order valence-electron chi connectivity index (χ1n) is 6.43. The van der Waals surface area contributed by atoms with Crippen molar-refractivity contribution in [2.75, 3.05) is 19.5 Å². The molecule has 1 rings (SSSR count). The lowest BCUT2D eigenvalue weighted by atomic mass is 10.1. The van der Waals surface area contributed by atoms with E-state index in [4.69, 9.17) is 15.2 Å². The van der Waals surface area contributed by atoms with E-state index in [1.165, 1.54) is 0 Å². The molecule has 2 N–H and O–H groups in total. The molecule has 108 valence electrons. The fourth-order valence-electron chi connectivity index (χ4n) is 1.75. The number of rotatable bonds is 6. The number of methoxy groups -OCH3 is 1. The van der Waals surface area contributed by atoms with Gasteiger partial charge in [0.2, 0.25) is 0 Å². The second-order valence-corrected chi connectivity index (χ2v) is 4.89. The zero-order chi connectivity index (χ0) is 14.6. The largest absolute Gasteiger partial charge is 0.461 e. The zero-order valence-electron chi connectivity index (χ0n) is 12.3. The van der Waals surface area contributed by atoms with E-state index in [1.54, 1.807) is 14.0 Å². The van der Waals surface area contributed by atoms with Crippen molar-refractivity contribution in [3.8, 4) is 0 Å². The van der Waals surface area contributed by atoms with Crippen LogP contribution in [0.1, 0.15) is 44.0 Å². The van der Waals surface area contributed by atoms with Gasteiger partial charge >= 0.3 is 5.97 Å². The second kappa shape index (κ2) is 6.06. The SMILES string of the molecule is CCOC(=O)c1nc(CC)n(CC(C)(C)OC)c1N. The Morgan fingerprint density at radius 3 is 2.53 bits per heavy atom. The highest BCUT2D eigenvalue weighted by Gasteiger charge is 2.25. The number of carbonyl (C=O) groups is 1. The summed E-state index contributed by atoms with van der Waals surface area (Å²) in [5.41, 5.74) is 5.82. The lowest BCUT2D eigenvalue weighted by molar-refractivity contribution is 0.00797. The number of hydrogen-bond acceptors (Lipinski definition) is 5. The lowest BCUT2D eigenvalue weighted by Crippen LogP contribution is -2.30. The summed E-state index contributed by atoms with van der Waals surface area (Å²) >= 11 is 0. The summed E-state index contributed by atoms with van der Waals surface area (Å²) in [6.07, 6.45) is 0.684. The Balaban J connectivity index is 3.14. The van der Waals surface area contributed by atoms with Gasteiger partial charge in [-0.05, 0) is 20.8 Å². The van der Waals surface area contributed by atoms with Gasteiger partial charge in [-0.15, -0.1) is 0 Å². The molecule has 0 spiro atoms. The van der Waals surface area contributed by atoms with Crippen molar-refractivity contribution < 1.29 is 14.3 Å². The Morgan fingerprint density at radius 1 is 1.42 bits per heavy atom. The van der Waals surface area contributed by atoms with Crippen LogP contribution in [0.3, 0.4) is 0 Å². The fraction of sp³-hybridized carbons (Fsp3) is 0.692. The van der Waals surface area contributed by atoms with Gasteiger partial charge < -0.3 is 19.8 Å². The molecule has 19 heavy (non-hydrogen) atoms. The van der Waals surface area contributed by atoms with Crippen molar-refractivity contribution in [1.82, 2.24) is 9.55 Å². The summed E-state index contributed by atoms with van der Waals surface area (Å²) in [6, 6.07) is 0. The monoisotopic (exact) mass is 269 g/mol. The van der Waals surface area contributed by atoms with E-state index >= 15 is 0 Å². The minimum atomic E-state index is -0.483. The second-order valence-electron chi connectivity index (χ2n) is 4.89. The molecule has 1 aromatic heterocycles. The molecule has 0 unspecified atom stereocenters. The standard InChI is InChI=1S/C13H23N3O3/c1-6-9-15-10(12(17)19-7-2)11(14)16(9)8-13(3,4)18-5/h6-8,14H2,1-5H3. The number of anilines is 1. The van der Waals surface area contributed by atoms with Crippen LogP contribution < -0.4 is 5.73 Å². The van der Waals surface area contributed by atoms with E-state index < -0.39 is 5.97 Å². The van der Waals surface area contributed by atoms with Crippen molar-refractivity contribution in [2.24, 2.45) is 0 Å². The molecular formula is C13H23N3O3. The number of hydrogen-bond donors (Lipinski definition) is 1. The topological polar surface area (TPSA) is 79.4 Å². The van der Waals surface area contributed by atoms with Gasteiger partial charge in [-0.3, -0.25) is 0 Å². The highest BCUT2D eigenvalue weighted by molar-refractivity contribution is 5.92. The van der Waals surface area contributed by atoms with Crippen molar-refractivity contribution >= 4 is 11.8 Å². The van der Waals surface area contributed by atoms with Gasteiger partial charge in [0, 0.05) is 13.5 Å². The number of nitrogen functional groups attached to an aromatic ring is 1. The van der Waals surface area contributed by atoms with Crippen molar-refractivity contribution in [2.45, 2.75) is 46.3 Å². The third-order valence-corrected chi connectivity index (χ3v) is 2.96. The van der Waals surface area contributed by atoms with E-state index in [9.17, 15) is 4.79 Å². The van der Waals surface area contributed by atoms with E-state index in [1.807, 2.05) is 25.3 Å². The Morgan fingerprint density at radius 2 is 2.05 bits per heavy atom. The third kappa shape index (κ3) is 3.47. The van der Waals surface area contributed by atoms with E-state index in [-0.39, 0.29) is 11.3 Å². The summed E-state index contributed by atoms with van der Waals surface area (Å²) in [6.45, 7) is 8.46. The number of aromatic nitrogens is 2. The number of ether oxygens (including phenoxy) is 2. The Bertz CT molecular complexity index is 452. The molecule has 0 saturated heterocycles. The van der Waals surface area contributed by atoms with Crippen LogP contribution in [0.4, 0.5) is 5.82 Å². The number of nitrogens with zero attached hydrogens (tertiary/aromatic N) is 2. The molecule has 0 aliphatic carbocycles. The first-order valence-corrected chi connectivity index (χ1v) is 6.43. The maximum atomic E-state index is 11.8. The van der Waals surface area contributed by atoms with Gasteiger partial charge in [0.05, 0.1) is 18.8 Å². The van der Waals surface area contributed by atoms with Crippen LogP contribution in [0.15, 0.2) is 0 Å². The summed E-state index contributed by atoms with van der Waals surface area (Å²) < 4.78 is 12.2. The van der Waals surface area contributed by atoms with Crippen LogP contribution >= 0.6 is 0 Å². The van der Waals surface area contributed by atoms with Gasteiger partial charge in [-0.25, -0.2) is 9.78 Å². The van der Waals surface area contributed by atoms with Crippen molar-refractivity contribution in [3.05, 3.63) is 11.5 Å². The van der Waals surface area contributed by atoms with Gasteiger partial charge in [0.15, 0.2) is 5.69 Å². The molecule has 0 saturated carbocycles. The molecule has 6 heteroatoms. The number of carbonyl (C=O) groups excluding carboxylic acids is 1. The van der Waals surface area contributed by atoms with Gasteiger partial charge in [0.25, 0.3) is 0 Å². The Hall–Kier alpha value is -1.56. The average Bonchev–Trinajstić information content (AvgIpc) is 2.67. The fourth-order valence-corrected chi connectivity index (χ4v) is 1.75. The minimum Gasteiger partial charge on any atom is -0.461 e. The molecule has 0 aromatic carbocycles. The number of nitrogens with two attached hydrogens (primary N) is 1. The Labute approximate surface area is 113 Å². The molecule has 6 nitrogen and oxygen atoms in total. The van der Waals surface area contributed by atoms with E-state index in [0.29, 0.717) is 25.4 Å². The molecule has 0 fully saturated rings. The summed E-state index contributed by atoms with van der Waals surface area (Å²) in [5.74, 6) is 0.606. The smallest absolute Gasteiger partial charge is 0.360 e. The van der Waals surface area contributed by atoms with Gasteiger partial charge in [-0.1, -0.05) is 6.92 Å². The summed E-state index contributed by atoms with van der Waals surface area (Å²) in [4.78, 5) is 16.0. The summed E-state index contributed by atoms with van der Waals surface area (Å²) in [5, 5.41) is 0. The van der Waals surface area contributed by atoms with Crippen LogP contribution in [0.25, 0.3) is 0 Å². The molecule has 0 bridgehead atoms. The van der Waals surface area contributed by atoms with Gasteiger partial charge in [0.1, 0.15) is 11.6 Å². The first-order chi connectivity index (χ1) is 8.86. The predicted molar refractivity (Wildman–Crippen MR) is 73.1 cm³/mol. The van der Waals surface area contributed by atoms with Crippen LogP contribution in [0, 0.1) is 0 Å². The van der Waals surface area contributed by atoms with E-state index in [0.717, 1.165) is 5.82 Å². The van der Waals surface area contributed by atoms with Crippen molar-refractivity contribution in [1.29, 1.82) is 0 Å². The summed E-state index contributed by atoms with van der Waals surface area (Å²) in [7, 11) is 1.64. The maximum absolute atomic E-state index is 11.8. The maximum Gasteiger partial charge on any atom is 0.360 e. The molecule has 0 radical (unpaired) electrons. The molecule has 0 aliphatic heterocycles. The molecular weight excluding hydrogens is 246 g/mol. The molecule has 0 aliphatic rings. The van der Waals surface area contributed by atoms with Crippen LogP contribution in [0.2, 0.25) is 0 Å². The van der Waals surface area contributed by atoms with Gasteiger partial charge in [-0.2, -0.15) is 0 Å². The number of aryl methyl sites for hydroxylation is 1. The first kappa shape index (κ1) is 15.5. The third-order valence-electron chi connectivity index (χ3n) is 2.96. The molecule has 0 amide bonds. The minimum absolute atomic E-state index is 0.186. The quantitative estimate of drug-likeness (QED) is 0.794.